The molecule has 21 heavy (non-hydrogen) atoms. The third-order valence-corrected chi connectivity index (χ3v) is 4.10. The minimum atomic E-state index is -2.39. The van der Waals surface area contributed by atoms with Crippen LogP contribution in [0.25, 0.3) is 6.08 Å². The van der Waals surface area contributed by atoms with Gasteiger partial charge in [0.1, 0.15) is 0 Å². The van der Waals surface area contributed by atoms with Gasteiger partial charge in [0.05, 0.1) is 19.4 Å². The van der Waals surface area contributed by atoms with Crippen molar-refractivity contribution in [1.29, 1.82) is 0 Å². The fourth-order valence-electron chi connectivity index (χ4n) is 2.80. The van der Waals surface area contributed by atoms with Gasteiger partial charge in [-0.1, -0.05) is 38.0 Å². The number of aromatic nitrogens is 1. The van der Waals surface area contributed by atoms with E-state index in [4.69, 9.17) is 5.48 Å². The highest BCUT2D eigenvalue weighted by molar-refractivity contribution is 6.77. The summed E-state index contributed by atoms with van der Waals surface area (Å²) >= 11 is 0. The van der Waals surface area contributed by atoms with Gasteiger partial charge in [0, 0.05) is 11.5 Å². The number of hydrogen-bond acceptors (Lipinski definition) is 1. The third-order valence-electron chi connectivity index (χ3n) is 4.10. The molecule has 1 aliphatic heterocycles. The number of aryl methyl sites for hydroxylation is 1. The van der Waals surface area contributed by atoms with E-state index < -0.39 is 12.7 Å². The van der Waals surface area contributed by atoms with E-state index in [1.165, 1.54) is 17.9 Å². The molecule has 0 saturated heterocycles. The highest BCUT2D eigenvalue weighted by Gasteiger charge is 2.33. The van der Waals surface area contributed by atoms with Gasteiger partial charge in [-0.3, -0.25) is 4.81 Å². The molecule has 1 unspecified atom stereocenters. The molecular weight excluding hydrogens is 255 g/mol. The highest BCUT2D eigenvalue weighted by Crippen LogP contribution is 2.21. The third kappa shape index (κ3) is 2.48. The van der Waals surface area contributed by atoms with Gasteiger partial charge in [0.15, 0.2) is 0 Å². The van der Waals surface area contributed by atoms with Crippen molar-refractivity contribution in [3.8, 4) is 0 Å². The van der Waals surface area contributed by atoms with Crippen LogP contribution in [0, 0.1) is 0 Å². The van der Waals surface area contributed by atoms with E-state index in [9.17, 15) is 0 Å². The van der Waals surface area contributed by atoms with E-state index in [0.29, 0.717) is 5.56 Å². The predicted octanol–water partition coefficient (Wildman–Crippen LogP) is 2.95. The molecule has 2 heterocycles. The van der Waals surface area contributed by atoms with Gasteiger partial charge in [-0.25, -0.2) is 4.57 Å². The molecule has 1 aromatic carbocycles. The Labute approximate surface area is 133 Å². The van der Waals surface area contributed by atoms with Gasteiger partial charge in [-0.05, 0) is 41.4 Å². The molecule has 0 bridgehead atoms. The first-order chi connectivity index (χ1) is 11.6. The lowest BCUT2D eigenvalue weighted by atomic mass is 9.54. The van der Waals surface area contributed by atoms with Crippen molar-refractivity contribution in [2.45, 2.75) is 26.5 Å². The Hall–Kier alpha value is -2.03. The summed E-state index contributed by atoms with van der Waals surface area (Å²) in [4.78, 5) is 2.11. The van der Waals surface area contributed by atoms with Gasteiger partial charge in [0.25, 0.3) is 5.82 Å². The van der Waals surface area contributed by atoms with Crippen LogP contribution in [0.1, 0.15) is 36.3 Å². The van der Waals surface area contributed by atoms with Gasteiger partial charge in [-0.2, -0.15) is 0 Å². The van der Waals surface area contributed by atoms with E-state index in [0.717, 1.165) is 5.82 Å². The van der Waals surface area contributed by atoms with Crippen LogP contribution in [0.4, 0.5) is 5.82 Å². The van der Waals surface area contributed by atoms with Gasteiger partial charge in [-0.15, -0.1) is 0 Å². The molecule has 0 fully saturated rings. The number of pyridine rings is 1. The van der Waals surface area contributed by atoms with E-state index in [2.05, 4.69) is 29.8 Å². The number of rotatable bonds is 2. The van der Waals surface area contributed by atoms with Crippen LogP contribution >= 0.6 is 0 Å². The quantitative estimate of drug-likeness (QED) is 0.606. The summed E-state index contributed by atoms with van der Waals surface area (Å²) in [5.41, 5.74) is 2.90. The average molecular weight is 281 g/mol. The molecule has 1 atom stereocenters. The Morgan fingerprint density at radius 1 is 1.33 bits per heavy atom. The number of hydrogen-bond donors (Lipinski definition) is 0. The summed E-state index contributed by atoms with van der Waals surface area (Å²) in [6, 6.07) is 11.8. The second kappa shape index (κ2) is 5.40. The molecule has 1 aromatic heterocycles. The standard InChI is InChI=1S/C18H22BN2/c1-14(2)16-9-11-20(4)18(13-16)21-12-10-15-7-5-6-8-17(15)19(21)3/h5-14H,1-4H3/q+1/i1D3,14D. The molecule has 1 aliphatic rings. The maximum absolute atomic E-state index is 8.36. The lowest BCUT2D eigenvalue weighted by Crippen LogP contribution is -2.51. The lowest BCUT2D eigenvalue weighted by Gasteiger charge is -2.24. The second-order valence-electron chi connectivity index (χ2n) is 5.54. The first-order valence-electron chi connectivity index (χ1n) is 9.18. The minimum Gasteiger partial charge on any atom is -0.293 e. The monoisotopic (exact) mass is 281 g/mol. The number of anilines is 1. The summed E-state index contributed by atoms with van der Waals surface area (Å²) in [6.07, 6.45) is 5.90. The van der Waals surface area contributed by atoms with Gasteiger partial charge in [0.2, 0.25) is 0 Å². The molecule has 0 spiro atoms. The van der Waals surface area contributed by atoms with Crippen molar-refractivity contribution in [2.75, 3.05) is 4.81 Å². The first-order valence-corrected chi connectivity index (χ1v) is 7.18. The van der Waals surface area contributed by atoms with E-state index >= 15 is 0 Å². The Kier molecular flexibility index (Phi) is 2.53. The molecule has 106 valence electrons. The average Bonchev–Trinajstić information content (AvgIpc) is 2.55. The normalized spacial score (nSPS) is 20.0. The van der Waals surface area contributed by atoms with Crippen LogP contribution < -0.4 is 14.8 Å². The van der Waals surface area contributed by atoms with E-state index in [1.807, 2.05) is 42.2 Å². The number of fused-ring (bicyclic) bond motifs is 1. The van der Waals surface area contributed by atoms with Gasteiger partial charge >= 0.3 is 6.85 Å². The highest BCUT2D eigenvalue weighted by atomic mass is 15.2. The van der Waals surface area contributed by atoms with Crippen LogP contribution in [-0.4, -0.2) is 6.85 Å². The molecule has 0 saturated carbocycles. The molecular formula is C18H22BN2+. The summed E-state index contributed by atoms with van der Waals surface area (Å²) in [7, 11) is 1.93. The van der Waals surface area contributed by atoms with E-state index in [1.54, 1.807) is 6.07 Å². The van der Waals surface area contributed by atoms with Crippen LogP contribution in [-0.2, 0) is 7.05 Å². The van der Waals surface area contributed by atoms with Crippen LogP contribution in [0.3, 0.4) is 0 Å². The molecule has 2 nitrogen and oxygen atoms in total. The Morgan fingerprint density at radius 3 is 2.95 bits per heavy atom. The summed E-state index contributed by atoms with van der Waals surface area (Å²) in [5.74, 6) is -0.796. The van der Waals surface area contributed by atoms with Crippen molar-refractivity contribution in [1.82, 2.24) is 0 Å². The Morgan fingerprint density at radius 2 is 2.14 bits per heavy atom. The van der Waals surface area contributed by atoms with Crippen LogP contribution in [0.15, 0.2) is 48.8 Å². The summed E-state index contributed by atoms with van der Waals surface area (Å²) in [5, 5.41) is 0. The zero-order valence-electron chi connectivity index (χ0n) is 16.7. The second-order valence-corrected chi connectivity index (χ2v) is 5.54. The van der Waals surface area contributed by atoms with Gasteiger partial charge < -0.3 is 0 Å². The molecule has 0 N–H and O–H groups in total. The van der Waals surface area contributed by atoms with E-state index in [-0.39, 0.29) is 6.85 Å². The van der Waals surface area contributed by atoms with Crippen molar-refractivity contribution in [3.63, 3.8) is 0 Å². The molecule has 3 heteroatoms. The fourth-order valence-corrected chi connectivity index (χ4v) is 2.80. The van der Waals surface area contributed by atoms with Crippen molar-refractivity contribution in [2.24, 2.45) is 7.05 Å². The maximum atomic E-state index is 8.36. The maximum Gasteiger partial charge on any atom is 0.409 e. The van der Waals surface area contributed by atoms with Crippen molar-refractivity contribution >= 4 is 24.2 Å². The zero-order valence-corrected chi connectivity index (χ0v) is 12.7. The largest absolute Gasteiger partial charge is 0.409 e. The molecule has 0 amide bonds. The molecule has 0 aliphatic carbocycles. The van der Waals surface area contributed by atoms with Crippen molar-refractivity contribution in [3.05, 3.63) is 59.9 Å². The number of nitrogens with zero attached hydrogens (tertiary/aromatic N) is 2. The molecule has 3 rings (SSSR count). The molecule has 2 aromatic rings. The fraction of sp³-hybridized carbons (Fsp3) is 0.278. The zero-order chi connectivity index (χ0) is 18.4. The lowest BCUT2D eigenvalue weighted by molar-refractivity contribution is -0.658. The summed E-state index contributed by atoms with van der Waals surface area (Å²) in [6.45, 7) is 1.30. The first kappa shape index (κ1) is 9.83. The van der Waals surface area contributed by atoms with Crippen LogP contribution in [0.5, 0.6) is 0 Å². The predicted molar refractivity (Wildman–Crippen MR) is 90.9 cm³/mol. The smallest absolute Gasteiger partial charge is 0.293 e. The SMILES string of the molecule is [2H]C([2H])([2H])C([2H])(C)c1cc[n+](C)c(N2C=Cc3ccccc3B2C)c1. The van der Waals surface area contributed by atoms with Crippen molar-refractivity contribution < 1.29 is 10.1 Å². The van der Waals surface area contributed by atoms with Crippen LogP contribution in [0.2, 0.25) is 6.82 Å². The number of benzene rings is 1. The Bertz CT molecular complexity index is 830. The summed E-state index contributed by atoms with van der Waals surface area (Å²) < 4.78 is 33.4. The Balaban J connectivity index is 2.06. The minimum absolute atomic E-state index is 0.118. The topological polar surface area (TPSA) is 7.12 Å². The molecule has 0 radical (unpaired) electrons.